The van der Waals surface area contributed by atoms with E-state index >= 15 is 0 Å². The molecule has 0 unspecified atom stereocenters. The minimum atomic E-state index is -1.23. The molecule has 0 aliphatic carbocycles. The molecule has 3 heterocycles. The van der Waals surface area contributed by atoms with E-state index in [0.717, 1.165) is 50.0 Å². The van der Waals surface area contributed by atoms with Crippen LogP contribution < -0.4 is 5.19 Å². The Hall–Kier alpha value is -4.15. The van der Waals surface area contributed by atoms with Gasteiger partial charge in [-0.1, -0.05) is 80.3 Å². The zero-order valence-electron chi connectivity index (χ0n) is 23.8. The number of furan rings is 1. The number of rotatable bonds is 4. The summed E-state index contributed by atoms with van der Waals surface area (Å²) >= 11 is 0. The topological polar surface area (TPSA) is 38.9 Å². The van der Waals surface area contributed by atoms with Crippen molar-refractivity contribution >= 4 is 35.2 Å². The number of pyridine rings is 2. The van der Waals surface area contributed by atoms with Gasteiger partial charge in [0.05, 0.1) is 8.07 Å². The van der Waals surface area contributed by atoms with Crippen LogP contribution in [0.1, 0.15) is 0 Å². The van der Waals surface area contributed by atoms with E-state index in [2.05, 4.69) is 84.2 Å². The van der Waals surface area contributed by atoms with E-state index in [0.29, 0.717) is 0 Å². The molecular formula is C37H30IrN2OSi-2. The third kappa shape index (κ3) is 6.50. The Morgan fingerprint density at radius 1 is 0.571 bits per heavy atom. The first-order valence-corrected chi connectivity index (χ1v) is 17.2. The molecule has 7 aromatic rings. The van der Waals surface area contributed by atoms with Crippen molar-refractivity contribution in [3.05, 3.63) is 140 Å². The number of nitrogens with zero attached hydrogens (tertiary/aromatic N) is 2. The standard InChI is InChI=1S/C23H14NO.C14H16NSi.Ir/c1-2-7-16(8-3-1)17-9-6-10-18(13-17)21-14-23-20(15-24-21)19-11-4-5-12-22(19)25-23;1-16(2,3)13-9-10-14(15-11-13)12-7-5-4-6-8-12;/h1-9,11-15H;4-7,9-11H,1-3H3;/q2*-1;. The summed E-state index contributed by atoms with van der Waals surface area (Å²) in [5, 5.41) is 3.53. The van der Waals surface area contributed by atoms with Crippen LogP contribution in [0.3, 0.4) is 0 Å². The van der Waals surface area contributed by atoms with Crippen molar-refractivity contribution in [2.45, 2.75) is 19.6 Å². The van der Waals surface area contributed by atoms with Crippen LogP contribution in [0.25, 0.3) is 55.6 Å². The molecule has 3 aromatic heterocycles. The van der Waals surface area contributed by atoms with Crippen molar-refractivity contribution in [3.63, 3.8) is 0 Å². The van der Waals surface area contributed by atoms with Crippen LogP contribution in [-0.2, 0) is 20.1 Å². The van der Waals surface area contributed by atoms with E-state index < -0.39 is 8.07 Å². The summed E-state index contributed by atoms with van der Waals surface area (Å²) < 4.78 is 5.98. The molecule has 0 saturated carbocycles. The number of benzene rings is 4. The van der Waals surface area contributed by atoms with Crippen molar-refractivity contribution in [1.29, 1.82) is 0 Å². The molecular weight excluding hydrogens is 709 g/mol. The van der Waals surface area contributed by atoms with Crippen LogP contribution in [0.5, 0.6) is 0 Å². The Morgan fingerprint density at radius 2 is 1.31 bits per heavy atom. The van der Waals surface area contributed by atoms with Gasteiger partial charge in [-0.25, -0.2) is 0 Å². The van der Waals surface area contributed by atoms with E-state index in [1.165, 1.54) is 10.8 Å². The van der Waals surface area contributed by atoms with Gasteiger partial charge in [-0.2, -0.15) is 0 Å². The molecule has 0 N–H and O–H groups in total. The van der Waals surface area contributed by atoms with E-state index in [4.69, 9.17) is 4.42 Å². The van der Waals surface area contributed by atoms with E-state index in [-0.39, 0.29) is 20.1 Å². The summed E-state index contributed by atoms with van der Waals surface area (Å²) in [6.07, 6.45) is 3.90. The molecule has 4 aromatic carbocycles. The molecule has 0 amide bonds. The van der Waals surface area contributed by atoms with Gasteiger partial charge >= 0.3 is 0 Å². The maximum atomic E-state index is 5.98. The Bertz CT molecular complexity index is 1910. The normalized spacial score (nSPS) is 11.0. The predicted octanol–water partition coefficient (Wildman–Crippen LogP) is 9.21. The maximum Gasteiger partial charge on any atom is 0.135 e. The molecule has 5 heteroatoms. The molecule has 0 bridgehead atoms. The number of aromatic nitrogens is 2. The van der Waals surface area contributed by atoms with Gasteiger partial charge in [0.15, 0.2) is 0 Å². The number of hydrogen-bond donors (Lipinski definition) is 0. The second-order valence-electron chi connectivity index (χ2n) is 11.0. The summed E-state index contributed by atoms with van der Waals surface area (Å²) in [5.74, 6) is 0. The van der Waals surface area contributed by atoms with Crippen LogP contribution in [0.4, 0.5) is 0 Å². The molecule has 0 spiro atoms. The van der Waals surface area contributed by atoms with Gasteiger partial charge in [0, 0.05) is 43.3 Å². The Balaban J connectivity index is 0.000000181. The summed E-state index contributed by atoms with van der Waals surface area (Å²) in [7, 11) is -1.23. The Labute approximate surface area is 261 Å². The fourth-order valence-corrected chi connectivity index (χ4v) is 5.78. The summed E-state index contributed by atoms with van der Waals surface area (Å²) in [5.41, 5.74) is 7.96. The van der Waals surface area contributed by atoms with E-state index in [1.807, 2.05) is 85.2 Å². The third-order valence-electron chi connectivity index (χ3n) is 7.06. The van der Waals surface area contributed by atoms with Crippen LogP contribution >= 0.6 is 0 Å². The van der Waals surface area contributed by atoms with E-state index in [1.54, 1.807) is 0 Å². The molecule has 7 rings (SSSR count). The van der Waals surface area contributed by atoms with Crippen molar-refractivity contribution in [2.75, 3.05) is 0 Å². The average Bonchev–Trinajstić information content (AvgIpc) is 3.40. The Kier molecular flexibility index (Phi) is 8.93. The van der Waals surface area contributed by atoms with Gasteiger partial charge < -0.3 is 14.4 Å². The quantitative estimate of drug-likeness (QED) is 0.134. The molecule has 42 heavy (non-hydrogen) atoms. The van der Waals surface area contributed by atoms with E-state index in [9.17, 15) is 0 Å². The first-order valence-electron chi connectivity index (χ1n) is 13.7. The largest absolute Gasteiger partial charge is 0.457 e. The molecule has 3 nitrogen and oxygen atoms in total. The third-order valence-corrected chi connectivity index (χ3v) is 9.09. The summed E-state index contributed by atoms with van der Waals surface area (Å²) in [6, 6.07) is 45.2. The van der Waals surface area contributed by atoms with Gasteiger partial charge in [0.25, 0.3) is 0 Å². The summed E-state index contributed by atoms with van der Waals surface area (Å²) in [6.45, 7) is 7.00. The van der Waals surface area contributed by atoms with Crippen LogP contribution in [0.2, 0.25) is 19.6 Å². The second-order valence-corrected chi connectivity index (χ2v) is 16.1. The first kappa shape index (κ1) is 29.3. The zero-order valence-corrected chi connectivity index (χ0v) is 27.2. The number of hydrogen-bond acceptors (Lipinski definition) is 3. The molecule has 0 fully saturated rings. The number of para-hydroxylation sites is 1. The fraction of sp³-hybridized carbons (Fsp3) is 0.0811. The zero-order chi connectivity index (χ0) is 28.2. The summed E-state index contributed by atoms with van der Waals surface area (Å²) in [4.78, 5) is 9.16. The SMILES string of the molecule is C[Si](C)(C)c1ccc(-c2[c-]cccc2)nc1.[Ir].[c-]1ccc(-c2ccccc2)cc1-c1cc2oc3ccccc3c2cn1. The first-order chi connectivity index (χ1) is 20.0. The van der Waals surface area contributed by atoms with Gasteiger partial charge in [-0.15, -0.1) is 71.3 Å². The molecule has 1 radical (unpaired) electrons. The maximum absolute atomic E-state index is 5.98. The molecule has 0 atom stereocenters. The minimum Gasteiger partial charge on any atom is -0.457 e. The average molecular weight is 739 g/mol. The van der Waals surface area contributed by atoms with Crippen molar-refractivity contribution in [1.82, 2.24) is 9.97 Å². The van der Waals surface area contributed by atoms with Gasteiger partial charge in [-0.05, 0) is 34.3 Å². The van der Waals surface area contributed by atoms with Crippen molar-refractivity contribution in [2.24, 2.45) is 0 Å². The van der Waals surface area contributed by atoms with Gasteiger partial charge in [0.2, 0.25) is 0 Å². The van der Waals surface area contributed by atoms with Crippen LogP contribution in [0.15, 0.2) is 132 Å². The van der Waals surface area contributed by atoms with Crippen LogP contribution in [0, 0.1) is 12.1 Å². The molecule has 0 saturated heterocycles. The van der Waals surface area contributed by atoms with Gasteiger partial charge in [0.1, 0.15) is 11.2 Å². The number of fused-ring (bicyclic) bond motifs is 3. The molecule has 0 aliphatic rings. The smallest absolute Gasteiger partial charge is 0.135 e. The molecule has 209 valence electrons. The predicted molar refractivity (Wildman–Crippen MR) is 173 cm³/mol. The fourth-order valence-electron chi connectivity index (χ4n) is 4.74. The van der Waals surface area contributed by atoms with Crippen LogP contribution in [-0.4, -0.2) is 18.0 Å². The van der Waals surface area contributed by atoms with Gasteiger partial charge in [-0.3, -0.25) is 0 Å². The van der Waals surface area contributed by atoms with Crippen molar-refractivity contribution < 1.29 is 24.5 Å². The second kappa shape index (κ2) is 12.8. The molecule has 0 aliphatic heterocycles. The minimum absolute atomic E-state index is 0. The Morgan fingerprint density at radius 3 is 2.05 bits per heavy atom. The van der Waals surface area contributed by atoms with Crippen molar-refractivity contribution in [3.8, 4) is 33.6 Å². The monoisotopic (exact) mass is 739 g/mol.